The summed E-state index contributed by atoms with van der Waals surface area (Å²) in [6, 6.07) is 13.3. The fourth-order valence-corrected chi connectivity index (χ4v) is 4.54. The van der Waals surface area contributed by atoms with Crippen molar-refractivity contribution in [2.45, 2.75) is 20.3 Å². The van der Waals surface area contributed by atoms with E-state index in [-0.39, 0.29) is 11.0 Å². The number of nitrogens with one attached hydrogen (secondary N) is 2. The van der Waals surface area contributed by atoms with Gasteiger partial charge in [-0.1, -0.05) is 42.5 Å². The number of carbonyl (C=O) groups excluding carboxylic acids is 1. The Labute approximate surface area is 196 Å². The molecule has 1 amide bonds. The number of fused-ring (bicyclic) bond motifs is 1. The summed E-state index contributed by atoms with van der Waals surface area (Å²) in [5, 5.41) is 19.9. The Kier molecular flexibility index (Phi) is 6.06. The Balaban J connectivity index is 1.54. The quantitative estimate of drug-likeness (QED) is 0.290. The smallest absolute Gasteiger partial charge is 0.258 e. The highest BCUT2D eigenvalue weighted by Crippen LogP contribution is 2.29. The standard InChI is InChI=1S/C20H17IN6OS2/c1-3-16-24-25-20-27(16)26-18(30-20)12-9-8-11(2)15(10-12)22-19(29)23-17(28)13-6-4-5-7-14(13)21/h4-10H,3H2,1-2H3,(H2,22,23,28,29). The largest absolute Gasteiger partial charge is 0.332 e. The van der Waals surface area contributed by atoms with Gasteiger partial charge in [0.05, 0.1) is 5.56 Å². The van der Waals surface area contributed by atoms with Gasteiger partial charge in [-0.05, 0) is 65.5 Å². The van der Waals surface area contributed by atoms with Crippen molar-refractivity contribution < 1.29 is 4.79 Å². The molecule has 0 saturated heterocycles. The van der Waals surface area contributed by atoms with Crippen LogP contribution >= 0.6 is 46.1 Å². The molecule has 0 atom stereocenters. The third kappa shape index (κ3) is 4.20. The van der Waals surface area contributed by atoms with Gasteiger partial charge >= 0.3 is 0 Å². The molecule has 0 aliphatic rings. The molecule has 0 fully saturated rings. The van der Waals surface area contributed by atoms with E-state index >= 15 is 0 Å². The van der Waals surface area contributed by atoms with Crippen LogP contribution in [0.3, 0.4) is 0 Å². The molecule has 0 bridgehead atoms. The van der Waals surface area contributed by atoms with Gasteiger partial charge in [-0.3, -0.25) is 10.1 Å². The van der Waals surface area contributed by atoms with E-state index in [4.69, 9.17) is 12.2 Å². The molecule has 0 unspecified atom stereocenters. The highest BCUT2D eigenvalue weighted by molar-refractivity contribution is 14.1. The van der Waals surface area contributed by atoms with Crippen LogP contribution in [-0.4, -0.2) is 30.8 Å². The van der Waals surface area contributed by atoms with Gasteiger partial charge in [0.15, 0.2) is 10.9 Å². The highest BCUT2D eigenvalue weighted by atomic mass is 127. The molecule has 7 nitrogen and oxygen atoms in total. The van der Waals surface area contributed by atoms with Crippen molar-refractivity contribution in [2.75, 3.05) is 5.32 Å². The minimum absolute atomic E-state index is 0.242. The summed E-state index contributed by atoms with van der Waals surface area (Å²) < 4.78 is 2.64. The Bertz CT molecular complexity index is 1270. The maximum atomic E-state index is 12.5. The van der Waals surface area contributed by atoms with Crippen molar-refractivity contribution in [1.82, 2.24) is 25.1 Å². The molecule has 30 heavy (non-hydrogen) atoms. The van der Waals surface area contributed by atoms with E-state index in [2.05, 4.69) is 48.5 Å². The average molecular weight is 548 g/mol. The highest BCUT2D eigenvalue weighted by Gasteiger charge is 2.14. The van der Waals surface area contributed by atoms with Gasteiger partial charge in [0.2, 0.25) is 4.96 Å². The summed E-state index contributed by atoms with van der Waals surface area (Å²) in [5.74, 6) is 0.587. The number of hydrogen-bond donors (Lipinski definition) is 2. The monoisotopic (exact) mass is 548 g/mol. The van der Waals surface area contributed by atoms with Gasteiger partial charge in [0.1, 0.15) is 5.01 Å². The van der Waals surface area contributed by atoms with E-state index in [1.807, 2.05) is 50.2 Å². The van der Waals surface area contributed by atoms with E-state index in [0.717, 1.165) is 42.6 Å². The molecule has 0 spiro atoms. The molecular formula is C20H17IN6OS2. The molecule has 4 aromatic rings. The number of hydrogen-bond acceptors (Lipinski definition) is 6. The number of rotatable bonds is 4. The maximum Gasteiger partial charge on any atom is 0.258 e. The lowest BCUT2D eigenvalue weighted by Crippen LogP contribution is -2.34. The number of amides is 1. The summed E-state index contributed by atoms with van der Waals surface area (Å²) in [6.45, 7) is 4.00. The first-order valence-electron chi connectivity index (χ1n) is 9.15. The van der Waals surface area contributed by atoms with Crippen molar-refractivity contribution in [3.05, 3.63) is 63.0 Å². The lowest BCUT2D eigenvalue weighted by Gasteiger charge is -2.13. The molecule has 0 aliphatic carbocycles. The van der Waals surface area contributed by atoms with Gasteiger partial charge in [0, 0.05) is 21.2 Å². The third-order valence-electron chi connectivity index (χ3n) is 4.45. The van der Waals surface area contributed by atoms with Crippen LogP contribution in [0.2, 0.25) is 0 Å². The zero-order valence-corrected chi connectivity index (χ0v) is 19.9. The summed E-state index contributed by atoms with van der Waals surface area (Å²) >= 11 is 8.97. The topological polar surface area (TPSA) is 84.2 Å². The second kappa shape index (κ2) is 8.74. The van der Waals surface area contributed by atoms with Crippen molar-refractivity contribution in [2.24, 2.45) is 0 Å². The summed E-state index contributed by atoms with van der Waals surface area (Å²) in [4.78, 5) is 13.3. The van der Waals surface area contributed by atoms with Gasteiger partial charge in [0.25, 0.3) is 5.91 Å². The molecule has 10 heteroatoms. The van der Waals surface area contributed by atoms with Crippen LogP contribution in [0, 0.1) is 10.5 Å². The number of carbonyl (C=O) groups is 1. The lowest BCUT2D eigenvalue weighted by molar-refractivity contribution is 0.0977. The summed E-state index contributed by atoms with van der Waals surface area (Å²) in [5.41, 5.74) is 3.33. The number of aryl methyl sites for hydroxylation is 2. The molecule has 2 N–H and O–H groups in total. The lowest BCUT2D eigenvalue weighted by atomic mass is 10.1. The summed E-state index contributed by atoms with van der Waals surface area (Å²) in [6.07, 6.45) is 0.763. The van der Waals surface area contributed by atoms with Crippen LogP contribution in [0.15, 0.2) is 42.5 Å². The first-order valence-corrected chi connectivity index (χ1v) is 11.5. The molecule has 2 aromatic carbocycles. The number of aromatic nitrogens is 4. The predicted octanol–water partition coefficient (Wildman–Crippen LogP) is 4.46. The molecule has 152 valence electrons. The minimum atomic E-state index is -0.243. The van der Waals surface area contributed by atoms with E-state index in [0.29, 0.717) is 5.56 Å². The SMILES string of the molecule is CCc1nnc2sc(-c3ccc(C)c(NC(=S)NC(=O)c4ccccc4I)c3)nn12. The second-order valence-electron chi connectivity index (χ2n) is 6.49. The molecule has 0 aliphatic heterocycles. The Morgan fingerprint density at radius 1 is 1.23 bits per heavy atom. The van der Waals surface area contributed by atoms with Crippen molar-refractivity contribution in [3.8, 4) is 10.6 Å². The van der Waals surface area contributed by atoms with E-state index < -0.39 is 0 Å². The van der Waals surface area contributed by atoms with Crippen molar-refractivity contribution in [1.29, 1.82) is 0 Å². The van der Waals surface area contributed by atoms with Crippen molar-refractivity contribution >= 4 is 67.8 Å². The number of benzene rings is 2. The fraction of sp³-hybridized carbons (Fsp3) is 0.150. The van der Waals surface area contributed by atoms with Crippen LogP contribution in [0.1, 0.15) is 28.7 Å². The minimum Gasteiger partial charge on any atom is -0.332 e. The zero-order chi connectivity index (χ0) is 21.3. The first kappa shape index (κ1) is 20.8. The van der Waals surface area contributed by atoms with Crippen LogP contribution in [0.25, 0.3) is 15.5 Å². The van der Waals surface area contributed by atoms with Crippen LogP contribution in [-0.2, 0) is 6.42 Å². The van der Waals surface area contributed by atoms with E-state index in [1.54, 1.807) is 10.6 Å². The zero-order valence-electron chi connectivity index (χ0n) is 16.1. The third-order valence-corrected chi connectivity index (χ3v) is 6.54. The van der Waals surface area contributed by atoms with Crippen LogP contribution in [0.5, 0.6) is 0 Å². The first-order chi connectivity index (χ1) is 14.5. The predicted molar refractivity (Wildman–Crippen MR) is 131 cm³/mol. The van der Waals surface area contributed by atoms with Crippen molar-refractivity contribution in [3.63, 3.8) is 0 Å². The Hall–Kier alpha value is -2.44. The number of thiocarbonyl (C=S) groups is 1. The Morgan fingerprint density at radius 3 is 2.80 bits per heavy atom. The van der Waals surface area contributed by atoms with Crippen LogP contribution in [0.4, 0.5) is 5.69 Å². The van der Waals surface area contributed by atoms with Gasteiger partial charge in [-0.2, -0.15) is 9.61 Å². The molecule has 2 heterocycles. The number of halogens is 1. The number of nitrogens with zero attached hydrogens (tertiary/aromatic N) is 4. The van der Waals surface area contributed by atoms with Crippen LogP contribution < -0.4 is 10.6 Å². The second-order valence-corrected chi connectivity index (χ2v) is 9.02. The molecule has 0 radical (unpaired) electrons. The molecular weight excluding hydrogens is 531 g/mol. The van der Waals surface area contributed by atoms with Gasteiger partial charge in [-0.15, -0.1) is 10.2 Å². The maximum absolute atomic E-state index is 12.5. The number of anilines is 1. The van der Waals surface area contributed by atoms with E-state index in [1.165, 1.54) is 11.3 Å². The molecule has 0 saturated carbocycles. The van der Waals surface area contributed by atoms with Gasteiger partial charge < -0.3 is 5.32 Å². The van der Waals surface area contributed by atoms with E-state index in [9.17, 15) is 4.79 Å². The molecule has 4 rings (SSSR count). The van der Waals surface area contributed by atoms with Gasteiger partial charge in [-0.25, -0.2) is 0 Å². The molecule has 2 aromatic heterocycles. The fourth-order valence-electron chi connectivity index (χ4n) is 2.85. The summed E-state index contributed by atoms with van der Waals surface area (Å²) in [7, 11) is 0. The Morgan fingerprint density at radius 2 is 2.03 bits per heavy atom. The average Bonchev–Trinajstić information content (AvgIpc) is 3.30. The normalized spacial score (nSPS) is 10.9.